The molecule has 0 aliphatic heterocycles. The molecule has 0 saturated heterocycles. The van der Waals surface area contributed by atoms with E-state index in [0.717, 1.165) is 44.3 Å². The summed E-state index contributed by atoms with van der Waals surface area (Å²) in [4.78, 5) is 8.96. The summed E-state index contributed by atoms with van der Waals surface area (Å²) in [5, 5.41) is 10.2. The molecule has 1 N–H and O–H groups in total. The van der Waals surface area contributed by atoms with E-state index in [4.69, 9.17) is 0 Å². The second-order valence-corrected chi connectivity index (χ2v) is 7.14. The molecule has 0 fully saturated rings. The van der Waals surface area contributed by atoms with Crippen molar-refractivity contribution in [1.29, 1.82) is 0 Å². The van der Waals surface area contributed by atoms with Crippen LogP contribution in [0.4, 0.5) is 4.39 Å². The molecule has 0 atom stereocenters. The predicted octanol–water partition coefficient (Wildman–Crippen LogP) is 6.23. The average molecular weight is 485 g/mol. The lowest BCUT2D eigenvalue weighted by atomic mass is 10.0. The molecule has 0 aliphatic carbocycles. The van der Waals surface area contributed by atoms with Crippen molar-refractivity contribution in [1.82, 2.24) is 24.6 Å². The van der Waals surface area contributed by atoms with Crippen molar-refractivity contribution in [2.24, 2.45) is 0 Å². The van der Waals surface area contributed by atoms with E-state index in [1.807, 2.05) is 30.9 Å². The van der Waals surface area contributed by atoms with Crippen molar-refractivity contribution < 1.29 is 4.39 Å². The predicted molar refractivity (Wildman–Crippen MR) is 126 cm³/mol. The highest BCUT2D eigenvalue weighted by Crippen LogP contribution is 2.33. The minimum Gasteiger partial charge on any atom is -0.297 e. The average Bonchev–Trinajstić information content (AvgIpc) is 3.42. The molecule has 4 heterocycles. The number of hydrogen-bond acceptors (Lipinski definition) is 4. The zero-order chi connectivity index (χ0) is 18.4. The molecule has 5 nitrogen and oxygen atoms in total. The van der Waals surface area contributed by atoms with Crippen LogP contribution in [0.5, 0.6) is 0 Å². The number of rotatable bonds is 3. The van der Waals surface area contributed by atoms with Crippen molar-refractivity contribution in [3.8, 4) is 33.1 Å². The summed E-state index contributed by atoms with van der Waals surface area (Å²) in [6.45, 7) is 2.04. The molecule has 0 spiro atoms. The van der Waals surface area contributed by atoms with E-state index in [1.54, 1.807) is 29.7 Å². The quantitative estimate of drug-likeness (QED) is 0.330. The first kappa shape index (κ1) is 23.8. The third-order valence-electron chi connectivity index (χ3n) is 4.51. The molecule has 1 aromatic carbocycles. The highest BCUT2D eigenvalue weighted by Gasteiger charge is 2.15. The molecule has 0 bridgehead atoms. The number of thiazole rings is 1. The van der Waals surface area contributed by atoms with Gasteiger partial charge in [0.15, 0.2) is 0 Å². The van der Waals surface area contributed by atoms with Gasteiger partial charge in [0.05, 0.1) is 11.9 Å². The van der Waals surface area contributed by atoms with E-state index in [0.29, 0.717) is 0 Å². The summed E-state index contributed by atoms with van der Waals surface area (Å²) in [7, 11) is 0. The highest BCUT2D eigenvalue weighted by atomic mass is 35.5. The number of halogens is 4. The monoisotopic (exact) mass is 483 g/mol. The normalized spacial score (nSPS) is 10.2. The van der Waals surface area contributed by atoms with E-state index in [-0.39, 0.29) is 43.0 Å². The number of aromatic amines is 1. The summed E-state index contributed by atoms with van der Waals surface area (Å²) in [6.07, 6.45) is 7.54. The van der Waals surface area contributed by atoms with E-state index in [1.165, 1.54) is 12.1 Å². The minimum absolute atomic E-state index is 0. The number of hydrogen-bond donors (Lipinski definition) is 1. The Morgan fingerprint density at radius 1 is 1.03 bits per heavy atom. The van der Waals surface area contributed by atoms with Gasteiger partial charge in [-0.3, -0.25) is 9.50 Å². The largest absolute Gasteiger partial charge is 0.297 e. The lowest BCUT2D eigenvalue weighted by molar-refractivity contribution is 0.628. The Morgan fingerprint density at radius 2 is 1.80 bits per heavy atom. The molecule has 156 valence electrons. The number of nitrogens with one attached hydrogen (secondary N) is 1. The van der Waals surface area contributed by atoms with Crippen LogP contribution in [-0.4, -0.2) is 24.6 Å². The van der Waals surface area contributed by atoms with Crippen LogP contribution in [0.25, 0.3) is 38.7 Å². The highest BCUT2D eigenvalue weighted by molar-refractivity contribution is 7.13. The van der Waals surface area contributed by atoms with Gasteiger partial charge in [-0.1, -0.05) is 0 Å². The van der Waals surface area contributed by atoms with Crippen molar-refractivity contribution in [2.45, 2.75) is 6.92 Å². The van der Waals surface area contributed by atoms with Crippen LogP contribution in [0, 0.1) is 12.7 Å². The molecule has 0 unspecified atom stereocenters. The van der Waals surface area contributed by atoms with Gasteiger partial charge in [0.1, 0.15) is 22.2 Å². The lowest BCUT2D eigenvalue weighted by Gasteiger charge is -2.08. The minimum atomic E-state index is -0.264. The number of imidazole rings is 1. The van der Waals surface area contributed by atoms with E-state index < -0.39 is 0 Å². The lowest BCUT2D eigenvalue weighted by Crippen LogP contribution is -1.93. The summed E-state index contributed by atoms with van der Waals surface area (Å²) in [6, 6.07) is 8.44. The van der Waals surface area contributed by atoms with Gasteiger partial charge >= 0.3 is 0 Å². The summed E-state index contributed by atoms with van der Waals surface area (Å²) >= 11 is 1.58. The first-order valence-corrected chi connectivity index (χ1v) is 9.26. The van der Waals surface area contributed by atoms with Gasteiger partial charge in [0, 0.05) is 40.7 Å². The Bertz CT molecular complexity index is 1250. The van der Waals surface area contributed by atoms with Gasteiger partial charge in [-0.2, -0.15) is 5.10 Å². The van der Waals surface area contributed by atoms with Gasteiger partial charge in [0.25, 0.3) is 0 Å². The second kappa shape index (κ2) is 9.57. The molecule has 5 aromatic rings. The Morgan fingerprint density at radius 3 is 2.50 bits per heavy atom. The van der Waals surface area contributed by atoms with Gasteiger partial charge in [-0.25, -0.2) is 14.4 Å². The van der Waals surface area contributed by atoms with Crippen LogP contribution in [0.1, 0.15) is 5.56 Å². The van der Waals surface area contributed by atoms with Gasteiger partial charge in [-0.05, 0) is 42.8 Å². The number of aryl methyl sites for hydroxylation is 1. The fourth-order valence-electron chi connectivity index (χ4n) is 3.25. The Kier molecular flexibility index (Phi) is 7.60. The number of benzene rings is 1. The first-order chi connectivity index (χ1) is 13.2. The summed E-state index contributed by atoms with van der Waals surface area (Å²) in [5.74, 6) is -0.264. The van der Waals surface area contributed by atoms with Crippen molar-refractivity contribution in [3.05, 3.63) is 71.9 Å². The molecular weight excluding hydrogens is 468 g/mol. The maximum atomic E-state index is 13.3. The number of aromatic nitrogens is 5. The van der Waals surface area contributed by atoms with E-state index in [9.17, 15) is 4.39 Å². The van der Waals surface area contributed by atoms with Gasteiger partial charge in [-0.15, -0.1) is 48.6 Å². The molecule has 4 aromatic heterocycles. The van der Waals surface area contributed by atoms with Crippen molar-refractivity contribution in [3.63, 3.8) is 0 Å². The SMILES string of the molecule is Cc1cc(-c2c[nH]nc2-c2ccc(F)cc2)cn2c(-c3nccs3)cnc12.Cl.Cl.Cl. The Hall–Kier alpha value is -2.45. The molecule has 30 heavy (non-hydrogen) atoms. The zero-order valence-corrected chi connectivity index (χ0v) is 18.8. The molecule has 0 amide bonds. The molecule has 0 radical (unpaired) electrons. The number of pyridine rings is 1. The van der Waals surface area contributed by atoms with Crippen molar-refractivity contribution >= 4 is 54.2 Å². The maximum Gasteiger partial charge on any atom is 0.141 e. The molecule has 5 rings (SSSR count). The smallest absolute Gasteiger partial charge is 0.141 e. The van der Waals surface area contributed by atoms with Crippen LogP contribution in [0.15, 0.2) is 60.5 Å². The molecule has 10 heteroatoms. The summed E-state index contributed by atoms with van der Waals surface area (Å²) in [5.41, 5.74) is 6.50. The zero-order valence-electron chi connectivity index (χ0n) is 15.6. The maximum absolute atomic E-state index is 13.3. The number of nitrogens with zero attached hydrogens (tertiary/aromatic N) is 4. The third-order valence-corrected chi connectivity index (χ3v) is 5.31. The Labute approximate surface area is 194 Å². The fraction of sp³-hybridized carbons (Fsp3) is 0.0500. The van der Waals surface area contributed by atoms with Gasteiger partial charge in [0.2, 0.25) is 0 Å². The van der Waals surface area contributed by atoms with Crippen molar-refractivity contribution in [2.75, 3.05) is 0 Å². The number of H-pyrrole nitrogens is 1. The standard InChI is InChI=1S/C20H14FN5S.3ClH/c1-12-8-14(11-26-17(10-23-19(12)26)20-22-6-7-27-20)16-9-24-25-18(16)13-2-4-15(21)5-3-13;;;/h2-11H,1H3,(H,24,25);3*1H. The van der Waals surface area contributed by atoms with E-state index in [2.05, 4.69) is 30.6 Å². The van der Waals surface area contributed by atoms with Crippen LogP contribution in [-0.2, 0) is 0 Å². The fourth-order valence-corrected chi connectivity index (χ4v) is 3.89. The summed E-state index contributed by atoms with van der Waals surface area (Å²) < 4.78 is 15.3. The van der Waals surface area contributed by atoms with Crippen LogP contribution in [0.2, 0.25) is 0 Å². The van der Waals surface area contributed by atoms with Gasteiger partial charge < -0.3 is 0 Å². The Balaban J connectivity index is 0.00000107. The van der Waals surface area contributed by atoms with Crippen LogP contribution in [0.3, 0.4) is 0 Å². The molecule has 0 aliphatic rings. The second-order valence-electron chi connectivity index (χ2n) is 6.24. The van der Waals surface area contributed by atoms with E-state index >= 15 is 0 Å². The topological polar surface area (TPSA) is 58.9 Å². The molecule has 0 saturated carbocycles. The van der Waals surface area contributed by atoms with Crippen LogP contribution < -0.4 is 0 Å². The molecular formula is C20H17Cl3FN5S. The third kappa shape index (κ3) is 4.06. The van der Waals surface area contributed by atoms with Crippen LogP contribution >= 0.6 is 48.6 Å². The number of fused-ring (bicyclic) bond motifs is 1. The first-order valence-electron chi connectivity index (χ1n) is 8.38.